The Morgan fingerprint density at radius 3 is 2.65 bits per heavy atom. The van der Waals surface area contributed by atoms with Crippen molar-refractivity contribution in [3.8, 4) is 0 Å². The van der Waals surface area contributed by atoms with Gasteiger partial charge in [-0.2, -0.15) is 0 Å². The molecule has 0 spiro atoms. The number of aldehydes is 1. The topological polar surface area (TPSA) is 65.1 Å². The average Bonchev–Trinajstić information content (AvgIpc) is 3.52. The molecule has 1 aromatic carbocycles. The van der Waals surface area contributed by atoms with Crippen LogP contribution in [0.2, 0.25) is 0 Å². The number of likely N-dealkylation sites (N-methyl/N-ethyl adjacent to an activating group) is 1. The molecule has 4 aliphatic carbocycles. The van der Waals surface area contributed by atoms with Gasteiger partial charge in [-0.25, -0.2) is 0 Å². The van der Waals surface area contributed by atoms with E-state index in [0.717, 1.165) is 43.4 Å². The smallest absolute Gasteiger partial charge is 0.318 e. The summed E-state index contributed by atoms with van der Waals surface area (Å²) in [7, 11) is 2.11. The van der Waals surface area contributed by atoms with Crippen LogP contribution < -0.4 is 0 Å². The third-order valence-corrected chi connectivity index (χ3v) is 11.6. The number of benzene rings is 1. The molecule has 6 nitrogen and oxygen atoms in total. The molecule has 3 saturated carbocycles. The molecule has 1 aliphatic heterocycles. The highest BCUT2D eigenvalue weighted by Crippen LogP contribution is 2.82. The van der Waals surface area contributed by atoms with Crippen molar-refractivity contribution in [3.05, 3.63) is 47.5 Å². The second-order valence-corrected chi connectivity index (χ2v) is 13.9. The Bertz CT molecular complexity index is 1150. The molecular weight excluding hydrogens is 502 g/mol. The minimum atomic E-state index is -1.01. The fourth-order valence-electron chi connectivity index (χ4n) is 9.98. The van der Waals surface area contributed by atoms with E-state index in [1.807, 2.05) is 30.3 Å². The van der Waals surface area contributed by atoms with E-state index in [1.54, 1.807) is 0 Å². The molecule has 1 aromatic rings. The summed E-state index contributed by atoms with van der Waals surface area (Å²) in [6, 6.07) is 9.88. The zero-order valence-electron chi connectivity index (χ0n) is 24.9. The van der Waals surface area contributed by atoms with E-state index in [1.165, 1.54) is 6.29 Å². The van der Waals surface area contributed by atoms with Gasteiger partial charge in [-0.15, -0.1) is 0 Å². The van der Waals surface area contributed by atoms with Gasteiger partial charge in [-0.1, -0.05) is 76.1 Å². The van der Waals surface area contributed by atoms with E-state index >= 15 is 0 Å². The molecule has 0 aromatic heterocycles. The molecule has 4 bridgehead atoms. The second-order valence-electron chi connectivity index (χ2n) is 13.9. The number of allylic oxidation sites excluding steroid dienone is 1. The zero-order chi connectivity index (χ0) is 28.3. The van der Waals surface area contributed by atoms with Crippen LogP contribution in [0.1, 0.15) is 65.4 Å². The fraction of sp³-hybridized carbons (Fsp3) is 0.706. The molecular formula is C34H47NO5. The number of ether oxygens (including phenoxy) is 3. The summed E-state index contributed by atoms with van der Waals surface area (Å²) < 4.78 is 19.4. The summed E-state index contributed by atoms with van der Waals surface area (Å²) in [6.07, 6.45) is 8.00. The summed E-state index contributed by atoms with van der Waals surface area (Å²) in [4.78, 5) is 30.7. The highest BCUT2D eigenvalue weighted by Gasteiger charge is 2.84. The van der Waals surface area contributed by atoms with E-state index in [2.05, 4.69) is 45.7 Å². The number of nitrogens with zero attached hydrogens (tertiary/aromatic N) is 1. The van der Waals surface area contributed by atoms with Crippen LogP contribution >= 0.6 is 0 Å². The van der Waals surface area contributed by atoms with Crippen LogP contribution in [0.4, 0.5) is 0 Å². The van der Waals surface area contributed by atoms with Crippen molar-refractivity contribution in [2.24, 2.45) is 45.8 Å². The molecule has 0 radical (unpaired) electrons. The Labute approximate surface area is 239 Å². The first-order valence-electron chi connectivity index (χ1n) is 15.6. The third kappa shape index (κ3) is 3.85. The van der Waals surface area contributed by atoms with Gasteiger partial charge in [0.1, 0.15) is 18.3 Å². The predicted molar refractivity (Wildman–Crippen MR) is 153 cm³/mol. The fourth-order valence-corrected chi connectivity index (χ4v) is 9.98. The van der Waals surface area contributed by atoms with E-state index < -0.39 is 16.2 Å². The number of morpholine rings is 1. The largest absolute Gasteiger partial charge is 0.460 e. The Morgan fingerprint density at radius 1 is 1.18 bits per heavy atom. The molecule has 5 aliphatic rings. The molecule has 0 amide bonds. The van der Waals surface area contributed by atoms with E-state index in [4.69, 9.17) is 14.2 Å². The summed E-state index contributed by atoms with van der Waals surface area (Å²) >= 11 is 0. The molecule has 6 rings (SSSR count). The van der Waals surface area contributed by atoms with Gasteiger partial charge in [0.25, 0.3) is 0 Å². The lowest BCUT2D eigenvalue weighted by Gasteiger charge is -2.59. The van der Waals surface area contributed by atoms with Gasteiger partial charge in [0.15, 0.2) is 6.29 Å². The van der Waals surface area contributed by atoms with Crippen molar-refractivity contribution in [1.29, 1.82) is 0 Å². The average molecular weight is 550 g/mol. The maximum absolute atomic E-state index is 14.9. The minimum Gasteiger partial charge on any atom is -0.460 e. The normalized spacial score (nSPS) is 42.1. The van der Waals surface area contributed by atoms with Gasteiger partial charge in [0.05, 0.1) is 18.1 Å². The van der Waals surface area contributed by atoms with Crippen LogP contribution in [0, 0.1) is 45.8 Å². The summed E-state index contributed by atoms with van der Waals surface area (Å²) in [5.74, 6) is 1.16. The SMILES string of the molecule is CCC1CN(C)C[C@H](OCC23CC4C(C)CCC4C4(C=O)CC2C=C(C(C)C)C43C(=O)OCc2ccccc2)O1. The van der Waals surface area contributed by atoms with Crippen LogP contribution in [0.5, 0.6) is 0 Å². The van der Waals surface area contributed by atoms with Gasteiger partial charge < -0.3 is 19.0 Å². The Kier molecular flexibility index (Phi) is 7.28. The lowest BCUT2D eigenvalue weighted by molar-refractivity contribution is -0.238. The minimum absolute atomic E-state index is 0.112. The molecule has 4 fully saturated rings. The molecule has 8 unspecified atom stereocenters. The number of hydrogen-bond acceptors (Lipinski definition) is 6. The standard InChI is InChI=1S/C34H47NO5/c1-6-26-17-35(5)18-30(40-26)39-21-33-16-27-23(4)12-13-28(27)32(20-36)15-25(33)14-29(22(2)3)34(32,33)31(37)38-19-24-10-8-7-9-11-24/h7-11,14,20,22-23,25-28,30H,6,12-13,15-19,21H2,1-5H3/t23?,25?,26?,27?,28?,30-,32?,33?,34?/m1/s1. The van der Waals surface area contributed by atoms with Gasteiger partial charge >= 0.3 is 5.97 Å². The number of carbonyl (C=O) groups excluding carboxylic acids is 2. The van der Waals surface area contributed by atoms with Crippen LogP contribution in [0.3, 0.4) is 0 Å². The van der Waals surface area contributed by atoms with Crippen LogP contribution in [-0.2, 0) is 30.4 Å². The van der Waals surface area contributed by atoms with Crippen molar-refractivity contribution in [3.63, 3.8) is 0 Å². The van der Waals surface area contributed by atoms with Crippen LogP contribution in [-0.4, -0.2) is 56.3 Å². The van der Waals surface area contributed by atoms with E-state index in [-0.39, 0.29) is 42.7 Å². The Balaban J connectivity index is 1.43. The van der Waals surface area contributed by atoms with Crippen molar-refractivity contribution >= 4 is 12.3 Å². The maximum Gasteiger partial charge on any atom is 0.318 e. The van der Waals surface area contributed by atoms with Gasteiger partial charge in [0, 0.05) is 18.5 Å². The number of hydrogen-bond donors (Lipinski definition) is 0. The first-order valence-corrected chi connectivity index (χ1v) is 15.6. The van der Waals surface area contributed by atoms with Crippen molar-refractivity contribution < 1.29 is 23.8 Å². The Morgan fingerprint density at radius 2 is 1.95 bits per heavy atom. The quantitative estimate of drug-likeness (QED) is 0.225. The van der Waals surface area contributed by atoms with Gasteiger partial charge in [-0.3, -0.25) is 9.69 Å². The number of fused-ring (bicyclic) bond motifs is 2. The molecule has 40 heavy (non-hydrogen) atoms. The first-order chi connectivity index (χ1) is 19.2. The molecule has 0 N–H and O–H groups in total. The number of rotatable bonds is 9. The van der Waals surface area contributed by atoms with E-state index in [9.17, 15) is 9.59 Å². The third-order valence-electron chi connectivity index (χ3n) is 11.6. The zero-order valence-corrected chi connectivity index (χ0v) is 24.9. The predicted octanol–water partition coefficient (Wildman–Crippen LogP) is 5.65. The molecule has 6 heteroatoms. The molecule has 218 valence electrons. The number of esters is 1. The molecule has 9 atom stereocenters. The maximum atomic E-state index is 14.9. The van der Waals surface area contributed by atoms with Crippen LogP contribution in [0.25, 0.3) is 0 Å². The first kappa shape index (κ1) is 28.1. The molecule has 1 heterocycles. The highest BCUT2D eigenvalue weighted by atomic mass is 16.7. The lowest BCUT2D eigenvalue weighted by Crippen LogP contribution is -2.64. The summed E-state index contributed by atoms with van der Waals surface area (Å²) in [5, 5.41) is 0. The monoisotopic (exact) mass is 549 g/mol. The lowest BCUT2D eigenvalue weighted by atomic mass is 9.43. The van der Waals surface area contributed by atoms with Crippen LogP contribution in [0.15, 0.2) is 42.0 Å². The number of carbonyl (C=O) groups is 2. The Hall–Kier alpha value is -2.02. The second kappa shape index (κ2) is 10.4. The van der Waals surface area contributed by atoms with Gasteiger partial charge in [-0.05, 0) is 67.9 Å². The van der Waals surface area contributed by atoms with Gasteiger partial charge in [0.2, 0.25) is 0 Å². The van der Waals surface area contributed by atoms with Crippen molar-refractivity contribution in [2.45, 2.75) is 78.8 Å². The summed E-state index contributed by atoms with van der Waals surface area (Å²) in [6.45, 7) is 11.0. The van der Waals surface area contributed by atoms with E-state index in [0.29, 0.717) is 31.4 Å². The summed E-state index contributed by atoms with van der Waals surface area (Å²) in [5.41, 5.74) is -0.216. The highest BCUT2D eigenvalue weighted by molar-refractivity contribution is 5.91. The molecule has 1 saturated heterocycles. The van der Waals surface area contributed by atoms with Crippen molar-refractivity contribution in [2.75, 3.05) is 26.7 Å². The van der Waals surface area contributed by atoms with Crippen molar-refractivity contribution in [1.82, 2.24) is 4.90 Å².